The monoisotopic (exact) mass is 501 g/mol. The van der Waals surface area contributed by atoms with Crippen molar-refractivity contribution in [2.75, 3.05) is 5.75 Å². The molecule has 1 saturated heterocycles. The number of aliphatic imine (C=N–C) groups is 1. The van der Waals surface area contributed by atoms with Gasteiger partial charge in [0.25, 0.3) is 5.91 Å². The summed E-state index contributed by atoms with van der Waals surface area (Å²) in [6.45, 7) is 0. The van der Waals surface area contributed by atoms with E-state index >= 15 is 0 Å². The van der Waals surface area contributed by atoms with Crippen LogP contribution in [0, 0.1) is 0 Å². The zero-order valence-corrected chi connectivity index (χ0v) is 18.8. The number of hydrazine groups is 1. The number of hydrogen-bond donors (Lipinski definition) is 2. The van der Waals surface area contributed by atoms with Gasteiger partial charge >= 0.3 is 0 Å². The first-order valence-corrected chi connectivity index (χ1v) is 11.2. The Kier molecular flexibility index (Phi) is 6.15. The summed E-state index contributed by atoms with van der Waals surface area (Å²) in [5, 5.41) is 14.1. The van der Waals surface area contributed by atoms with Crippen LogP contribution in [0.4, 0.5) is 5.69 Å². The Morgan fingerprint density at radius 2 is 1.83 bits per heavy atom. The minimum Gasteiger partial charge on any atom is -0.365 e. The fourth-order valence-electron chi connectivity index (χ4n) is 3.01. The zero-order valence-electron chi connectivity index (χ0n) is 15.6. The maximum Gasteiger partial charge on any atom is 0.269 e. The first kappa shape index (κ1) is 20.9. The highest BCUT2D eigenvalue weighted by Gasteiger charge is 2.46. The van der Waals surface area contributed by atoms with Crippen molar-refractivity contribution in [2.45, 2.75) is 5.72 Å². The molecule has 0 spiro atoms. The van der Waals surface area contributed by atoms with Crippen LogP contribution in [0.1, 0.15) is 15.9 Å². The molecule has 1 aliphatic heterocycles. The molecule has 0 bridgehead atoms. The van der Waals surface area contributed by atoms with Gasteiger partial charge in [-0.2, -0.15) is 0 Å². The molecule has 4 rings (SSSR count). The van der Waals surface area contributed by atoms with Gasteiger partial charge in [0.1, 0.15) is 0 Å². The number of para-hydroxylation sites is 1. The number of carbonyl (C=O) groups is 1. The van der Waals surface area contributed by atoms with Gasteiger partial charge in [-0.25, -0.2) is 10.0 Å². The first-order chi connectivity index (χ1) is 14.5. The molecule has 2 N–H and O–H groups in total. The van der Waals surface area contributed by atoms with Gasteiger partial charge in [0.2, 0.25) is 0 Å². The molecule has 5 nitrogen and oxygen atoms in total. The summed E-state index contributed by atoms with van der Waals surface area (Å²) in [6.07, 6.45) is 0. The van der Waals surface area contributed by atoms with Crippen molar-refractivity contribution < 1.29 is 9.90 Å². The molecule has 3 aromatic rings. The highest BCUT2D eigenvalue weighted by Crippen LogP contribution is 2.39. The van der Waals surface area contributed by atoms with Crippen molar-refractivity contribution in [1.82, 2.24) is 10.4 Å². The number of carbonyl (C=O) groups excluding carboxylic acids is 1. The quantitative estimate of drug-likeness (QED) is 0.506. The summed E-state index contributed by atoms with van der Waals surface area (Å²) in [5.74, 6) is -0.0639. The number of thioether (sulfide) groups is 1. The molecule has 0 radical (unpaired) electrons. The molecule has 3 aromatic carbocycles. The molecule has 8 heteroatoms. The van der Waals surface area contributed by atoms with Gasteiger partial charge in [-0.05, 0) is 42.5 Å². The number of hydrogen-bond acceptors (Lipinski definition) is 4. The topological polar surface area (TPSA) is 64.9 Å². The van der Waals surface area contributed by atoms with Crippen LogP contribution in [0.2, 0.25) is 5.02 Å². The molecule has 1 fully saturated rings. The predicted octanol–water partition coefficient (Wildman–Crippen LogP) is 5.33. The fourth-order valence-corrected chi connectivity index (χ4v) is 4.66. The standard InChI is InChI=1S/C22H17BrClN3O2S/c23-17-6-4-5-15(13-17)20(28)26-27-21(25-19-7-2-1-3-8-19)30-14-22(27,29)16-9-11-18(24)12-10-16/h1-13,29H,14H2,(H,26,28)/t22-/m1/s1. The Bertz CT molecular complexity index is 1100. The zero-order chi connectivity index (χ0) is 21.1. The lowest BCUT2D eigenvalue weighted by Crippen LogP contribution is -2.54. The largest absolute Gasteiger partial charge is 0.365 e. The highest BCUT2D eigenvalue weighted by molar-refractivity contribution is 9.10. The molecule has 0 unspecified atom stereocenters. The maximum absolute atomic E-state index is 13.0. The Morgan fingerprint density at radius 3 is 2.53 bits per heavy atom. The summed E-state index contributed by atoms with van der Waals surface area (Å²) < 4.78 is 0.789. The van der Waals surface area contributed by atoms with E-state index in [4.69, 9.17) is 11.6 Å². The van der Waals surface area contributed by atoms with Crippen LogP contribution in [-0.2, 0) is 5.72 Å². The van der Waals surface area contributed by atoms with Gasteiger partial charge in [0.05, 0.1) is 11.4 Å². The number of aliphatic hydroxyl groups is 1. The van der Waals surface area contributed by atoms with E-state index in [-0.39, 0.29) is 5.91 Å². The van der Waals surface area contributed by atoms with E-state index in [0.717, 1.165) is 10.2 Å². The Hall–Kier alpha value is -2.32. The van der Waals surface area contributed by atoms with Crippen molar-refractivity contribution in [3.05, 3.63) is 99.5 Å². The Labute approximate surface area is 191 Å². The predicted molar refractivity (Wildman–Crippen MR) is 125 cm³/mol. The van der Waals surface area contributed by atoms with E-state index < -0.39 is 5.72 Å². The molecule has 1 amide bonds. The van der Waals surface area contributed by atoms with Crippen LogP contribution in [-0.4, -0.2) is 26.9 Å². The number of nitrogens with one attached hydrogen (secondary N) is 1. The van der Waals surface area contributed by atoms with E-state index in [0.29, 0.717) is 27.1 Å². The van der Waals surface area contributed by atoms with Crippen molar-refractivity contribution in [3.8, 4) is 0 Å². The summed E-state index contributed by atoms with van der Waals surface area (Å²) in [6, 6.07) is 23.3. The average molecular weight is 503 g/mol. The van der Waals surface area contributed by atoms with Crippen LogP contribution in [0.25, 0.3) is 0 Å². The van der Waals surface area contributed by atoms with Crippen molar-refractivity contribution >= 4 is 56.1 Å². The van der Waals surface area contributed by atoms with E-state index in [1.807, 2.05) is 36.4 Å². The van der Waals surface area contributed by atoms with Crippen LogP contribution in [0.15, 0.2) is 88.3 Å². The van der Waals surface area contributed by atoms with Gasteiger partial charge in [-0.1, -0.05) is 75.7 Å². The molecule has 30 heavy (non-hydrogen) atoms. The molecule has 0 saturated carbocycles. The van der Waals surface area contributed by atoms with Crippen LogP contribution >= 0.6 is 39.3 Å². The smallest absolute Gasteiger partial charge is 0.269 e. The molecular weight excluding hydrogens is 486 g/mol. The van der Waals surface area contributed by atoms with Gasteiger partial charge in [0, 0.05) is 20.6 Å². The van der Waals surface area contributed by atoms with E-state index in [9.17, 15) is 9.90 Å². The van der Waals surface area contributed by atoms with Crippen molar-refractivity contribution in [3.63, 3.8) is 0 Å². The lowest BCUT2D eigenvalue weighted by molar-refractivity contribution is -0.0676. The Balaban J connectivity index is 1.72. The molecule has 1 aliphatic rings. The number of rotatable bonds is 4. The third kappa shape index (κ3) is 4.39. The first-order valence-electron chi connectivity index (χ1n) is 9.07. The fraction of sp³-hybridized carbons (Fsp3) is 0.0909. The van der Waals surface area contributed by atoms with Crippen LogP contribution in [0.3, 0.4) is 0 Å². The number of halogens is 2. The second-order valence-electron chi connectivity index (χ2n) is 6.63. The lowest BCUT2D eigenvalue weighted by atomic mass is 10.0. The van der Waals surface area contributed by atoms with Crippen LogP contribution < -0.4 is 5.43 Å². The molecule has 152 valence electrons. The van der Waals surface area contributed by atoms with Crippen molar-refractivity contribution in [1.29, 1.82) is 0 Å². The van der Waals surface area contributed by atoms with Gasteiger partial charge < -0.3 is 5.11 Å². The van der Waals surface area contributed by atoms with Gasteiger partial charge in [0.15, 0.2) is 10.9 Å². The molecular formula is C22H17BrClN3O2S. The number of amides is 1. The van der Waals surface area contributed by atoms with E-state index in [2.05, 4.69) is 26.3 Å². The number of amidine groups is 1. The van der Waals surface area contributed by atoms with Gasteiger partial charge in [-0.15, -0.1) is 0 Å². The number of nitrogens with zero attached hydrogens (tertiary/aromatic N) is 2. The van der Waals surface area contributed by atoms with E-state index in [1.165, 1.54) is 16.8 Å². The summed E-state index contributed by atoms with van der Waals surface area (Å²) in [7, 11) is 0. The summed E-state index contributed by atoms with van der Waals surface area (Å²) in [5.41, 5.74) is 3.14. The second kappa shape index (κ2) is 8.81. The van der Waals surface area contributed by atoms with Crippen LogP contribution in [0.5, 0.6) is 0 Å². The normalized spacial score (nSPS) is 19.8. The minimum atomic E-state index is -1.48. The molecule has 1 heterocycles. The second-order valence-corrected chi connectivity index (χ2v) is 8.92. The minimum absolute atomic E-state index is 0.291. The molecule has 1 atom stereocenters. The van der Waals surface area contributed by atoms with Gasteiger partial charge in [-0.3, -0.25) is 10.2 Å². The summed E-state index contributed by atoms with van der Waals surface area (Å²) >= 11 is 10.8. The lowest BCUT2D eigenvalue weighted by Gasteiger charge is -2.34. The maximum atomic E-state index is 13.0. The number of benzene rings is 3. The highest BCUT2D eigenvalue weighted by atomic mass is 79.9. The molecule has 0 aromatic heterocycles. The van der Waals surface area contributed by atoms with E-state index in [1.54, 1.807) is 42.5 Å². The third-order valence-corrected chi connectivity index (χ3v) is 6.38. The molecule has 0 aliphatic carbocycles. The SMILES string of the molecule is O=C(NN1C(=Nc2ccccc2)SC[C@@]1(O)c1ccc(Cl)cc1)c1cccc(Br)c1. The van der Waals surface area contributed by atoms with Crippen molar-refractivity contribution in [2.24, 2.45) is 4.99 Å². The average Bonchev–Trinajstić information content (AvgIpc) is 3.06. The third-order valence-electron chi connectivity index (χ3n) is 4.55. The Morgan fingerprint density at radius 1 is 1.10 bits per heavy atom. The summed E-state index contributed by atoms with van der Waals surface area (Å²) in [4.78, 5) is 17.6.